The van der Waals surface area contributed by atoms with Gasteiger partial charge in [0, 0.05) is 24.9 Å². The van der Waals surface area contributed by atoms with Gasteiger partial charge in [0.2, 0.25) is 5.91 Å². The fourth-order valence-corrected chi connectivity index (χ4v) is 3.96. The van der Waals surface area contributed by atoms with E-state index in [4.69, 9.17) is 4.74 Å². The van der Waals surface area contributed by atoms with Gasteiger partial charge in [-0.3, -0.25) is 9.36 Å². The predicted molar refractivity (Wildman–Crippen MR) is 97.9 cm³/mol. The number of carbonyl (C=O) groups is 1. The van der Waals surface area contributed by atoms with Gasteiger partial charge < -0.3 is 4.74 Å². The average Bonchev–Trinajstić information content (AvgIpc) is 3.26. The number of fused-ring (bicyclic) bond motifs is 1. The third kappa shape index (κ3) is 2.78. The molecule has 1 fully saturated rings. The van der Waals surface area contributed by atoms with Crippen LogP contribution in [0.15, 0.2) is 53.2 Å². The normalized spacial score (nSPS) is 13.3. The number of hydrogen-bond acceptors (Lipinski definition) is 3. The first kappa shape index (κ1) is 15.2. The third-order valence-electron chi connectivity index (χ3n) is 4.39. The molecule has 0 aliphatic heterocycles. The number of ether oxygens (including phenoxy) is 1. The van der Waals surface area contributed by atoms with Gasteiger partial charge >= 0.3 is 0 Å². The van der Waals surface area contributed by atoms with E-state index in [-0.39, 0.29) is 5.91 Å². The molecule has 122 valence electrons. The summed E-state index contributed by atoms with van der Waals surface area (Å²) in [7, 11) is 0. The molecule has 0 atom stereocenters. The van der Waals surface area contributed by atoms with Crippen LogP contribution in [-0.2, 0) is 6.42 Å². The molecule has 0 spiro atoms. The molecule has 24 heavy (non-hydrogen) atoms. The fraction of sp³-hybridized carbons (Fsp3) is 0.250. The van der Waals surface area contributed by atoms with Crippen LogP contribution < -0.4 is 4.74 Å². The van der Waals surface area contributed by atoms with Crippen molar-refractivity contribution in [1.82, 2.24) is 4.57 Å². The second-order valence-electron chi connectivity index (χ2n) is 6.25. The van der Waals surface area contributed by atoms with Crippen molar-refractivity contribution in [2.24, 2.45) is 0 Å². The van der Waals surface area contributed by atoms with Crippen LogP contribution in [0.4, 0.5) is 0 Å². The van der Waals surface area contributed by atoms with Gasteiger partial charge in [0.25, 0.3) is 0 Å². The lowest BCUT2D eigenvalue weighted by atomic mass is 10.1. The number of nitrogens with zero attached hydrogens (tertiary/aromatic N) is 1. The van der Waals surface area contributed by atoms with Gasteiger partial charge in [0.05, 0.1) is 4.70 Å². The molecule has 0 N–H and O–H groups in total. The lowest BCUT2D eigenvalue weighted by Gasteiger charge is -2.05. The van der Waals surface area contributed by atoms with Crippen molar-refractivity contribution in [2.45, 2.75) is 33.1 Å². The molecule has 3 aromatic rings. The molecule has 2 aromatic heterocycles. The zero-order valence-corrected chi connectivity index (χ0v) is 14.7. The molecular weight excluding hydrogens is 318 g/mol. The Kier molecular flexibility index (Phi) is 3.77. The van der Waals surface area contributed by atoms with Crippen LogP contribution >= 0.6 is 11.3 Å². The Labute approximate surface area is 145 Å². The zero-order valence-electron chi connectivity index (χ0n) is 13.8. The highest BCUT2D eigenvalue weighted by molar-refractivity contribution is 7.17. The lowest BCUT2D eigenvalue weighted by Crippen LogP contribution is -2.04. The minimum Gasteiger partial charge on any atom is -0.459 e. The van der Waals surface area contributed by atoms with Crippen molar-refractivity contribution in [3.63, 3.8) is 0 Å². The lowest BCUT2D eigenvalue weighted by molar-refractivity contribution is 0.0941. The maximum absolute atomic E-state index is 12.1. The number of thiophene rings is 1. The van der Waals surface area contributed by atoms with E-state index in [1.54, 1.807) is 22.8 Å². The summed E-state index contributed by atoms with van der Waals surface area (Å²) in [6.45, 7) is 3.61. The van der Waals surface area contributed by atoms with E-state index in [0.29, 0.717) is 0 Å². The summed E-state index contributed by atoms with van der Waals surface area (Å²) in [4.78, 5) is 12.1. The van der Waals surface area contributed by atoms with E-state index in [1.165, 1.54) is 16.7 Å². The molecule has 1 saturated carbocycles. The maximum Gasteiger partial charge on any atom is 0.228 e. The van der Waals surface area contributed by atoms with Crippen LogP contribution in [0.1, 0.15) is 42.6 Å². The van der Waals surface area contributed by atoms with Gasteiger partial charge in [-0.1, -0.05) is 30.3 Å². The Balaban J connectivity index is 1.77. The number of allylic oxidation sites excluding steroid dienone is 2. The minimum absolute atomic E-state index is 0.0132. The van der Waals surface area contributed by atoms with Crippen molar-refractivity contribution < 1.29 is 9.53 Å². The standard InChI is InChI=1S/C20H19NO2S/c1-13(16-8-9-16)23-18-12-24-20-17(10-15-6-4-3-5-7-15)11-21(14(2)22)19(18)20/h3-7,11-12H,8-10H2,1-2H3. The molecular formula is C20H19NO2S. The van der Waals surface area contributed by atoms with E-state index >= 15 is 0 Å². The summed E-state index contributed by atoms with van der Waals surface area (Å²) in [5.74, 6) is 1.79. The number of carbonyl (C=O) groups excluding carboxylic acids is 1. The van der Waals surface area contributed by atoms with E-state index in [9.17, 15) is 4.79 Å². The smallest absolute Gasteiger partial charge is 0.228 e. The van der Waals surface area contributed by atoms with Crippen LogP contribution in [0.5, 0.6) is 5.75 Å². The van der Waals surface area contributed by atoms with E-state index < -0.39 is 0 Å². The molecule has 1 aliphatic rings. The Morgan fingerprint density at radius 3 is 2.62 bits per heavy atom. The van der Waals surface area contributed by atoms with Crippen molar-refractivity contribution in [1.29, 1.82) is 0 Å². The largest absolute Gasteiger partial charge is 0.459 e. The molecule has 1 aromatic carbocycles. The van der Waals surface area contributed by atoms with Crippen LogP contribution in [0.2, 0.25) is 0 Å². The molecule has 3 nitrogen and oxygen atoms in total. The SMILES string of the molecule is CC(=O)n1cc(Cc2ccccc2)c2scc(OC(C)=C3CC3)c21. The summed E-state index contributed by atoms with van der Waals surface area (Å²) in [5.41, 5.74) is 4.69. The molecule has 4 rings (SSSR count). The monoisotopic (exact) mass is 337 g/mol. The molecule has 0 bridgehead atoms. The third-order valence-corrected chi connectivity index (χ3v) is 5.41. The molecule has 2 heterocycles. The molecule has 4 heteroatoms. The number of rotatable bonds is 4. The maximum atomic E-state index is 12.1. The van der Waals surface area contributed by atoms with E-state index in [1.807, 2.05) is 36.7 Å². The second-order valence-corrected chi connectivity index (χ2v) is 7.12. The summed E-state index contributed by atoms with van der Waals surface area (Å²) >= 11 is 1.65. The minimum atomic E-state index is 0.0132. The number of aromatic nitrogens is 1. The average molecular weight is 337 g/mol. The molecule has 0 unspecified atom stereocenters. The highest BCUT2D eigenvalue weighted by atomic mass is 32.1. The first-order chi connectivity index (χ1) is 11.6. The van der Waals surface area contributed by atoms with Gasteiger partial charge in [-0.25, -0.2) is 0 Å². The van der Waals surface area contributed by atoms with Crippen LogP contribution in [0.3, 0.4) is 0 Å². The molecule has 1 aliphatic carbocycles. The predicted octanol–water partition coefficient (Wildman–Crippen LogP) is 5.40. The molecule has 0 radical (unpaired) electrons. The summed E-state index contributed by atoms with van der Waals surface area (Å²) in [5, 5.41) is 2.02. The van der Waals surface area contributed by atoms with Gasteiger partial charge in [-0.2, -0.15) is 0 Å². The number of benzene rings is 1. The Morgan fingerprint density at radius 1 is 1.21 bits per heavy atom. The first-order valence-corrected chi connectivity index (χ1v) is 9.04. The van der Waals surface area contributed by atoms with Crippen molar-refractivity contribution in [2.75, 3.05) is 0 Å². The summed E-state index contributed by atoms with van der Waals surface area (Å²) in [6.07, 6.45) is 5.04. The Bertz CT molecular complexity index is 941. The Hall–Kier alpha value is -2.33. The van der Waals surface area contributed by atoms with Gasteiger partial charge in [0.15, 0.2) is 5.75 Å². The summed E-state index contributed by atoms with van der Waals surface area (Å²) in [6, 6.07) is 10.3. The van der Waals surface area contributed by atoms with Gasteiger partial charge in [-0.15, -0.1) is 11.3 Å². The fourth-order valence-electron chi connectivity index (χ4n) is 2.98. The van der Waals surface area contributed by atoms with Crippen LogP contribution in [0, 0.1) is 0 Å². The quantitative estimate of drug-likeness (QED) is 0.597. The highest BCUT2D eigenvalue weighted by Crippen LogP contribution is 2.40. The molecule has 0 amide bonds. The van der Waals surface area contributed by atoms with Crippen molar-refractivity contribution >= 4 is 27.5 Å². The molecule has 0 saturated heterocycles. The second kappa shape index (κ2) is 5.95. The van der Waals surface area contributed by atoms with Gasteiger partial charge in [-0.05, 0) is 36.5 Å². The van der Waals surface area contributed by atoms with E-state index in [2.05, 4.69) is 12.1 Å². The summed E-state index contributed by atoms with van der Waals surface area (Å²) < 4.78 is 8.93. The van der Waals surface area contributed by atoms with Crippen molar-refractivity contribution in [3.8, 4) is 5.75 Å². The zero-order chi connectivity index (χ0) is 16.7. The highest BCUT2D eigenvalue weighted by Gasteiger charge is 2.21. The van der Waals surface area contributed by atoms with Crippen molar-refractivity contribution in [3.05, 3.63) is 64.4 Å². The van der Waals surface area contributed by atoms with Gasteiger partial charge in [0.1, 0.15) is 11.3 Å². The van der Waals surface area contributed by atoms with E-state index in [0.717, 1.165) is 41.0 Å². The van der Waals surface area contributed by atoms with Crippen LogP contribution in [0.25, 0.3) is 10.2 Å². The van der Waals surface area contributed by atoms with Crippen LogP contribution in [-0.4, -0.2) is 10.5 Å². The Morgan fingerprint density at radius 2 is 1.96 bits per heavy atom. The topological polar surface area (TPSA) is 31.2 Å². The first-order valence-electron chi connectivity index (χ1n) is 8.16. The number of hydrogen-bond donors (Lipinski definition) is 0.